The lowest BCUT2D eigenvalue weighted by molar-refractivity contribution is -0.137. The third-order valence-electron chi connectivity index (χ3n) is 3.97. The molecule has 1 aliphatic heterocycles. The monoisotopic (exact) mass is 329 g/mol. The zero-order chi connectivity index (χ0) is 16.6. The number of carbonyl (C=O) groups is 2. The van der Waals surface area contributed by atoms with E-state index in [9.17, 15) is 14.7 Å². The molecule has 0 bridgehead atoms. The second-order valence-electron chi connectivity index (χ2n) is 5.64. The van der Waals surface area contributed by atoms with E-state index >= 15 is 0 Å². The van der Waals surface area contributed by atoms with Crippen molar-refractivity contribution in [2.45, 2.75) is 37.1 Å². The van der Waals surface area contributed by atoms with Crippen LogP contribution in [0.2, 0.25) is 0 Å². The Labute approximate surface area is 137 Å². The average molecular weight is 329 g/mol. The Balaban J connectivity index is 1.85. The Morgan fingerprint density at radius 3 is 2.52 bits per heavy atom. The molecular weight excluding hydrogens is 314 g/mol. The molecule has 1 heterocycles. The molecule has 1 saturated carbocycles. The van der Waals surface area contributed by atoms with Crippen LogP contribution in [-0.2, 0) is 4.79 Å². The summed E-state index contributed by atoms with van der Waals surface area (Å²) in [5.41, 5.74) is 0.864. The van der Waals surface area contributed by atoms with Crippen molar-refractivity contribution in [2.75, 3.05) is 0 Å². The Morgan fingerprint density at radius 2 is 2.00 bits per heavy atom. The van der Waals surface area contributed by atoms with Crippen LogP contribution in [0.25, 0.3) is 0 Å². The van der Waals surface area contributed by atoms with Crippen molar-refractivity contribution in [3.8, 4) is 6.07 Å². The fourth-order valence-electron chi connectivity index (χ4n) is 2.61. The summed E-state index contributed by atoms with van der Waals surface area (Å²) in [5, 5.41) is 18.0. The highest BCUT2D eigenvalue weighted by Gasteiger charge is 2.47. The molecule has 2 aliphatic rings. The predicted octanol–water partition coefficient (Wildman–Crippen LogP) is 2.11. The number of hydrogen-bond donors (Lipinski definition) is 1. The van der Waals surface area contributed by atoms with Crippen molar-refractivity contribution in [1.29, 1.82) is 5.26 Å². The van der Waals surface area contributed by atoms with Gasteiger partial charge in [-0.15, -0.1) is 0 Å². The van der Waals surface area contributed by atoms with Gasteiger partial charge in [0, 0.05) is 11.6 Å². The lowest BCUT2D eigenvalue weighted by Gasteiger charge is -2.23. The largest absolute Gasteiger partial charge is 0.480 e. The molecule has 0 aromatic heterocycles. The SMILES string of the molecule is CC1C(C(=O)O)SC(=NC(=O)c2ccc(C#N)cc2)N1C1CC1. The maximum atomic E-state index is 12.3. The number of carboxylic acid groups (broad SMARTS) is 1. The first-order valence-corrected chi connectivity index (χ1v) is 8.20. The van der Waals surface area contributed by atoms with Gasteiger partial charge in [-0.2, -0.15) is 10.3 Å². The number of nitrogens with zero attached hydrogens (tertiary/aromatic N) is 3. The molecule has 7 heteroatoms. The lowest BCUT2D eigenvalue weighted by atomic mass is 10.1. The number of aliphatic carboxylic acids is 1. The highest BCUT2D eigenvalue weighted by atomic mass is 32.2. The van der Waals surface area contributed by atoms with Gasteiger partial charge in [0.1, 0.15) is 5.25 Å². The molecular formula is C16H15N3O3S. The number of nitriles is 1. The van der Waals surface area contributed by atoms with Crippen LogP contribution in [0.15, 0.2) is 29.3 Å². The standard InChI is InChI=1S/C16H15N3O3S/c1-9-13(15(21)22)23-16(19(9)12-6-7-12)18-14(20)11-4-2-10(8-17)3-5-11/h2-5,9,12-13H,6-7H2,1H3,(H,21,22). The fraction of sp³-hybridized carbons (Fsp3) is 0.375. The van der Waals surface area contributed by atoms with Crippen molar-refractivity contribution < 1.29 is 14.7 Å². The number of amides is 1. The minimum absolute atomic E-state index is 0.183. The second-order valence-corrected chi connectivity index (χ2v) is 6.75. The highest BCUT2D eigenvalue weighted by molar-refractivity contribution is 8.15. The summed E-state index contributed by atoms with van der Waals surface area (Å²) < 4.78 is 0. The number of benzene rings is 1. The summed E-state index contributed by atoms with van der Waals surface area (Å²) in [6.07, 6.45) is 2.00. The van der Waals surface area contributed by atoms with Gasteiger partial charge in [0.25, 0.3) is 5.91 Å². The fourth-order valence-corrected chi connectivity index (χ4v) is 3.84. The Kier molecular flexibility index (Phi) is 4.09. The summed E-state index contributed by atoms with van der Waals surface area (Å²) in [5.74, 6) is -1.30. The first kappa shape index (κ1) is 15.6. The maximum absolute atomic E-state index is 12.3. The van der Waals surface area contributed by atoms with Crippen molar-refractivity contribution in [1.82, 2.24) is 4.90 Å². The van der Waals surface area contributed by atoms with Gasteiger partial charge in [-0.25, -0.2) is 0 Å². The summed E-state index contributed by atoms with van der Waals surface area (Å²) in [4.78, 5) is 29.8. The van der Waals surface area contributed by atoms with Crippen LogP contribution in [-0.4, -0.2) is 44.4 Å². The molecule has 0 spiro atoms. The van der Waals surface area contributed by atoms with Crippen LogP contribution in [0.4, 0.5) is 0 Å². The zero-order valence-electron chi connectivity index (χ0n) is 12.5. The molecule has 1 saturated heterocycles. The summed E-state index contributed by atoms with van der Waals surface area (Å²) >= 11 is 1.14. The van der Waals surface area contributed by atoms with E-state index in [1.807, 2.05) is 17.9 Å². The molecule has 2 unspecified atom stereocenters. The van der Waals surface area contributed by atoms with Gasteiger partial charge >= 0.3 is 5.97 Å². The van der Waals surface area contributed by atoms with E-state index in [0.29, 0.717) is 16.3 Å². The lowest BCUT2D eigenvalue weighted by Crippen LogP contribution is -2.39. The number of hydrogen-bond acceptors (Lipinski definition) is 4. The number of rotatable bonds is 3. The molecule has 3 rings (SSSR count). The Morgan fingerprint density at radius 1 is 1.35 bits per heavy atom. The summed E-state index contributed by atoms with van der Waals surface area (Å²) in [7, 11) is 0. The number of carboxylic acids is 1. The van der Waals surface area contributed by atoms with Crippen molar-refractivity contribution in [2.24, 2.45) is 4.99 Å². The first-order valence-electron chi connectivity index (χ1n) is 7.32. The van der Waals surface area contributed by atoms with Gasteiger partial charge in [-0.05, 0) is 44.0 Å². The minimum Gasteiger partial charge on any atom is -0.480 e. The van der Waals surface area contributed by atoms with Crippen molar-refractivity contribution in [3.63, 3.8) is 0 Å². The van der Waals surface area contributed by atoms with Crippen LogP contribution in [0, 0.1) is 11.3 Å². The maximum Gasteiger partial charge on any atom is 0.319 e. The number of thioether (sulfide) groups is 1. The number of carbonyl (C=O) groups excluding carboxylic acids is 1. The van der Waals surface area contributed by atoms with Crippen molar-refractivity contribution in [3.05, 3.63) is 35.4 Å². The first-order chi connectivity index (χ1) is 11.0. The molecule has 1 amide bonds. The molecule has 2 atom stereocenters. The third kappa shape index (κ3) is 3.08. The molecule has 1 N–H and O–H groups in total. The van der Waals surface area contributed by atoms with Crippen LogP contribution in [0.1, 0.15) is 35.7 Å². The van der Waals surface area contributed by atoms with E-state index in [-0.39, 0.29) is 12.1 Å². The molecule has 1 aliphatic carbocycles. The normalized spacial score (nSPS) is 25.4. The number of aliphatic imine (C=N–C) groups is 1. The summed E-state index contributed by atoms with van der Waals surface area (Å²) in [6.45, 7) is 1.86. The molecule has 6 nitrogen and oxygen atoms in total. The molecule has 0 radical (unpaired) electrons. The van der Waals surface area contributed by atoms with Crippen LogP contribution in [0.5, 0.6) is 0 Å². The van der Waals surface area contributed by atoms with Gasteiger partial charge in [0.2, 0.25) is 0 Å². The van der Waals surface area contributed by atoms with E-state index in [1.54, 1.807) is 24.3 Å². The van der Waals surface area contributed by atoms with Gasteiger partial charge in [0.05, 0.1) is 17.7 Å². The molecule has 1 aromatic carbocycles. The quantitative estimate of drug-likeness (QED) is 0.913. The van der Waals surface area contributed by atoms with E-state index in [0.717, 1.165) is 24.6 Å². The summed E-state index contributed by atoms with van der Waals surface area (Å²) in [6, 6.07) is 8.35. The second kappa shape index (κ2) is 6.05. The van der Waals surface area contributed by atoms with E-state index in [1.165, 1.54) is 0 Å². The Hall–Kier alpha value is -2.33. The molecule has 23 heavy (non-hydrogen) atoms. The Bertz CT molecular complexity index is 719. The van der Waals surface area contributed by atoms with Crippen LogP contribution < -0.4 is 0 Å². The van der Waals surface area contributed by atoms with Gasteiger partial charge in [0.15, 0.2) is 5.17 Å². The van der Waals surface area contributed by atoms with Gasteiger partial charge in [-0.1, -0.05) is 11.8 Å². The number of amidine groups is 1. The van der Waals surface area contributed by atoms with Gasteiger partial charge in [-0.3, -0.25) is 9.59 Å². The topological polar surface area (TPSA) is 93.8 Å². The molecule has 1 aromatic rings. The van der Waals surface area contributed by atoms with E-state index in [4.69, 9.17) is 5.26 Å². The predicted molar refractivity (Wildman–Crippen MR) is 86.3 cm³/mol. The zero-order valence-corrected chi connectivity index (χ0v) is 13.3. The van der Waals surface area contributed by atoms with Crippen molar-refractivity contribution >= 4 is 28.8 Å². The van der Waals surface area contributed by atoms with E-state index in [2.05, 4.69) is 4.99 Å². The van der Waals surface area contributed by atoms with E-state index < -0.39 is 17.1 Å². The molecule has 2 fully saturated rings. The minimum atomic E-state index is -0.885. The molecule has 118 valence electrons. The van der Waals surface area contributed by atoms with Crippen LogP contribution >= 0.6 is 11.8 Å². The van der Waals surface area contributed by atoms with Gasteiger partial charge < -0.3 is 10.0 Å². The third-order valence-corrected chi connectivity index (χ3v) is 5.33. The van der Waals surface area contributed by atoms with Crippen LogP contribution in [0.3, 0.4) is 0 Å². The average Bonchev–Trinajstić information content (AvgIpc) is 3.31. The smallest absolute Gasteiger partial charge is 0.319 e. The highest BCUT2D eigenvalue weighted by Crippen LogP contribution is 2.40.